The number of carboxylic acids is 1. The fraction of sp³-hybridized carbons (Fsp3) is 0.667. The van der Waals surface area contributed by atoms with Crippen molar-refractivity contribution in [3.05, 3.63) is 19.1 Å². The van der Waals surface area contributed by atoms with E-state index in [9.17, 15) is 4.79 Å². The van der Waals surface area contributed by atoms with Gasteiger partial charge in [0.25, 0.3) is 0 Å². The molecule has 1 unspecified atom stereocenters. The fourth-order valence-electron chi connectivity index (χ4n) is 1.87. The maximum atomic E-state index is 9.25. The standard InChI is InChI=1S/C9H17.C3H4O2/c1-8-5-4-6-9(2,3)7-8;1-2-3(4)5/h4,8H,5-7H2,1-3H3;2H,1H2,(H,4,5). The number of hydrogen-bond acceptors (Lipinski definition) is 1. The highest BCUT2D eigenvalue weighted by Crippen LogP contribution is 2.37. The summed E-state index contributed by atoms with van der Waals surface area (Å²) in [6, 6.07) is 0. The smallest absolute Gasteiger partial charge is 0.327 e. The molecular formula is C12H21O2. The van der Waals surface area contributed by atoms with Gasteiger partial charge in [-0.3, -0.25) is 0 Å². The zero-order chi connectivity index (χ0) is 11.2. The van der Waals surface area contributed by atoms with Crippen LogP contribution in [-0.4, -0.2) is 11.1 Å². The summed E-state index contributed by atoms with van der Waals surface area (Å²) in [7, 11) is 0. The third-order valence-corrected chi connectivity index (χ3v) is 2.34. The molecule has 2 heteroatoms. The van der Waals surface area contributed by atoms with Gasteiger partial charge >= 0.3 is 5.97 Å². The minimum Gasteiger partial charge on any atom is -0.478 e. The van der Waals surface area contributed by atoms with E-state index in [1.165, 1.54) is 19.3 Å². The molecule has 1 atom stereocenters. The highest BCUT2D eigenvalue weighted by Gasteiger charge is 2.24. The molecule has 1 saturated carbocycles. The SMILES string of the molecule is C=CC(=O)O.CC1C[CH]CC(C)(C)C1. The molecule has 0 amide bonds. The predicted octanol–water partition coefficient (Wildman–Crippen LogP) is 3.29. The molecule has 0 aromatic rings. The fourth-order valence-corrected chi connectivity index (χ4v) is 1.87. The van der Waals surface area contributed by atoms with Gasteiger partial charge in [-0.15, -0.1) is 0 Å². The third-order valence-electron chi connectivity index (χ3n) is 2.34. The molecule has 0 saturated heterocycles. The summed E-state index contributed by atoms with van der Waals surface area (Å²) in [6.45, 7) is 10.0. The van der Waals surface area contributed by atoms with E-state index in [0.717, 1.165) is 12.0 Å². The highest BCUT2D eigenvalue weighted by atomic mass is 16.4. The van der Waals surface area contributed by atoms with Crippen LogP contribution in [0.3, 0.4) is 0 Å². The molecular weight excluding hydrogens is 176 g/mol. The molecule has 1 aliphatic rings. The molecule has 1 fully saturated rings. The van der Waals surface area contributed by atoms with Crippen molar-refractivity contribution >= 4 is 5.97 Å². The van der Waals surface area contributed by atoms with Gasteiger partial charge < -0.3 is 5.11 Å². The van der Waals surface area contributed by atoms with Crippen LogP contribution in [0.1, 0.15) is 40.0 Å². The van der Waals surface area contributed by atoms with Crippen molar-refractivity contribution in [2.24, 2.45) is 11.3 Å². The summed E-state index contributed by atoms with van der Waals surface area (Å²) >= 11 is 0. The van der Waals surface area contributed by atoms with Gasteiger partial charge in [0, 0.05) is 6.08 Å². The van der Waals surface area contributed by atoms with Gasteiger partial charge in [-0.25, -0.2) is 4.79 Å². The minimum absolute atomic E-state index is 0.595. The quantitative estimate of drug-likeness (QED) is 0.655. The number of carboxylic acid groups (broad SMARTS) is 1. The van der Waals surface area contributed by atoms with Crippen LogP contribution < -0.4 is 0 Å². The molecule has 0 aromatic heterocycles. The van der Waals surface area contributed by atoms with Gasteiger partial charge in [-0.1, -0.05) is 27.4 Å². The summed E-state index contributed by atoms with van der Waals surface area (Å²) in [5.74, 6) is -0.0567. The van der Waals surface area contributed by atoms with Crippen LogP contribution in [-0.2, 0) is 4.79 Å². The number of aliphatic carboxylic acids is 1. The normalized spacial score (nSPS) is 24.4. The first-order valence-electron chi connectivity index (χ1n) is 5.04. The molecule has 1 N–H and O–H groups in total. The van der Waals surface area contributed by atoms with E-state index < -0.39 is 5.97 Å². The summed E-state index contributed by atoms with van der Waals surface area (Å²) in [4.78, 5) is 9.25. The average molecular weight is 197 g/mol. The number of rotatable bonds is 1. The van der Waals surface area contributed by atoms with E-state index in [-0.39, 0.29) is 0 Å². The first-order chi connectivity index (χ1) is 6.37. The third kappa shape index (κ3) is 6.70. The zero-order valence-electron chi connectivity index (χ0n) is 9.42. The molecule has 0 heterocycles. The lowest BCUT2D eigenvalue weighted by Crippen LogP contribution is -2.20. The second-order valence-corrected chi connectivity index (χ2v) is 4.74. The van der Waals surface area contributed by atoms with Gasteiger partial charge in [-0.05, 0) is 37.0 Å². The van der Waals surface area contributed by atoms with Crippen molar-refractivity contribution in [1.82, 2.24) is 0 Å². The van der Waals surface area contributed by atoms with E-state index in [1.54, 1.807) is 0 Å². The van der Waals surface area contributed by atoms with E-state index in [1.807, 2.05) is 0 Å². The van der Waals surface area contributed by atoms with Gasteiger partial charge in [0.1, 0.15) is 0 Å². The first kappa shape index (κ1) is 13.2. The average Bonchev–Trinajstić information content (AvgIpc) is 2.02. The van der Waals surface area contributed by atoms with Gasteiger partial charge in [-0.2, -0.15) is 0 Å². The van der Waals surface area contributed by atoms with Gasteiger partial charge in [0.05, 0.1) is 0 Å². The lowest BCUT2D eigenvalue weighted by molar-refractivity contribution is -0.131. The Morgan fingerprint density at radius 2 is 2.14 bits per heavy atom. The van der Waals surface area contributed by atoms with Crippen LogP contribution in [0.25, 0.3) is 0 Å². The second kappa shape index (κ2) is 5.84. The largest absolute Gasteiger partial charge is 0.478 e. The monoisotopic (exact) mass is 197 g/mol. The van der Waals surface area contributed by atoms with Crippen molar-refractivity contribution in [2.45, 2.75) is 40.0 Å². The second-order valence-electron chi connectivity index (χ2n) is 4.74. The van der Waals surface area contributed by atoms with Crippen LogP contribution in [0, 0.1) is 17.8 Å². The maximum absolute atomic E-state index is 9.25. The molecule has 0 aromatic carbocycles. The number of carbonyl (C=O) groups is 1. The van der Waals surface area contributed by atoms with Gasteiger partial charge in [0.15, 0.2) is 0 Å². The predicted molar refractivity (Wildman–Crippen MR) is 58.9 cm³/mol. The number of hydrogen-bond donors (Lipinski definition) is 1. The summed E-state index contributed by atoms with van der Waals surface area (Å²) in [6.07, 6.45) is 7.33. The summed E-state index contributed by atoms with van der Waals surface area (Å²) in [5.41, 5.74) is 0.595. The molecule has 1 rings (SSSR count). The molecule has 14 heavy (non-hydrogen) atoms. The Balaban J connectivity index is 0.000000292. The Labute approximate surface area is 87.0 Å². The van der Waals surface area contributed by atoms with Crippen molar-refractivity contribution in [3.8, 4) is 0 Å². The summed E-state index contributed by atoms with van der Waals surface area (Å²) in [5, 5.41) is 7.60. The maximum Gasteiger partial charge on any atom is 0.327 e. The first-order valence-corrected chi connectivity index (χ1v) is 5.04. The van der Waals surface area contributed by atoms with Crippen molar-refractivity contribution in [3.63, 3.8) is 0 Å². The van der Waals surface area contributed by atoms with Crippen LogP contribution >= 0.6 is 0 Å². The molecule has 0 spiro atoms. The van der Waals surface area contributed by atoms with Crippen molar-refractivity contribution in [2.75, 3.05) is 0 Å². The topological polar surface area (TPSA) is 37.3 Å². The van der Waals surface area contributed by atoms with E-state index in [0.29, 0.717) is 5.41 Å². The van der Waals surface area contributed by atoms with Crippen LogP contribution in [0.15, 0.2) is 12.7 Å². The Bertz CT molecular complexity index is 194. The minimum atomic E-state index is -0.981. The van der Waals surface area contributed by atoms with Gasteiger partial charge in [0.2, 0.25) is 0 Å². The van der Waals surface area contributed by atoms with E-state index in [4.69, 9.17) is 5.11 Å². The zero-order valence-corrected chi connectivity index (χ0v) is 9.42. The Morgan fingerprint density at radius 3 is 2.36 bits per heavy atom. The Morgan fingerprint density at radius 1 is 1.64 bits per heavy atom. The molecule has 0 bridgehead atoms. The molecule has 1 aliphatic carbocycles. The van der Waals surface area contributed by atoms with Crippen LogP contribution in [0.4, 0.5) is 0 Å². The molecule has 1 radical (unpaired) electrons. The Kier molecular flexibility index (Phi) is 5.51. The molecule has 81 valence electrons. The van der Waals surface area contributed by atoms with Crippen molar-refractivity contribution in [1.29, 1.82) is 0 Å². The molecule has 0 aliphatic heterocycles. The van der Waals surface area contributed by atoms with Crippen LogP contribution in [0.2, 0.25) is 0 Å². The molecule has 2 nitrogen and oxygen atoms in total. The highest BCUT2D eigenvalue weighted by molar-refractivity contribution is 5.78. The van der Waals surface area contributed by atoms with E-state index in [2.05, 4.69) is 33.8 Å². The summed E-state index contributed by atoms with van der Waals surface area (Å²) < 4.78 is 0. The Hall–Kier alpha value is -0.790. The van der Waals surface area contributed by atoms with Crippen molar-refractivity contribution < 1.29 is 9.90 Å². The lowest BCUT2D eigenvalue weighted by Gasteiger charge is -2.33. The van der Waals surface area contributed by atoms with E-state index >= 15 is 0 Å². The lowest BCUT2D eigenvalue weighted by atomic mass is 9.73. The van der Waals surface area contributed by atoms with Crippen LogP contribution in [0.5, 0.6) is 0 Å².